The van der Waals surface area contributed by atoms with Gasteiger partial charge in [-0.25, -0.2) is 0 Å². The molecule has 0 bridgehead atoms. The fraction of sp³-hybridized carbons (Fsp3) is 0.400. The fourth-order valence-electron chi connectivity index (χ4n) is 2.56. The average Bonchev–Trinajstić information content (AvgIpc) is 2.49. The Kier molecular flexibility index (Phi) is 4.90. The molecule has 0 aromatic heterocycles. The first-order valence-electron chi connectivity index (χ1n) is 6.97. The number of carbonyl (C=O) groups is 2. The van der Waals surface area contributed by atoms with Crippen LogP contribution in [0.1, 0.15) is 24.9 Å². The molecule has 1 aliphatic rings. The van der Waals surface area contributed by atoms with Gasteiger partial charge in [-0.1, -0.05) is 42.5 Å². The van der Waals surface area contributed by atoms with Crippen LogP contribution in [0.3, 0.4) is 0 Å². The third kappa shape index (κ3) is 3.39. The molecule has 1 unspecified atom stereocenters. The van der Waals surface area contributed by atoms with Crippen LogP contribution < -0.4 is 5.73 Å². The third-order valence-corrected chi connectivity index (χ3v) is 3.85. The average molecular weight is 305 g/mol. The second-order valence-corrected chi connectivity index (χ2v) is 5.50. The van der Waals surface area contributed by atoms with E-state index in [1.165, 1.54) is 0 Å². The van der Waals surface area contributed by atoms with Crippen LogP contribution in [0.25, 0.3) is 0 Å². The molecule has 1 heterocycles. The van der Waals surface area contributed by atoms with Crippen molar-refractivity contribution in [1.29, 1.82) is 0 Å². The van der Waals surface area contributed by atoms with Gasteiger partial charge in [0.15, 0.2) is 0 Å². The summed E-state index contributed by atoms with van der Waals surface area (Å²) >= 11 is 5.00. The fourth-order valence-corrected chi connectivity index (χ4v) is 2.72. The molecule has 21 heavy (non-hydrogen) atoms. The van der Waals surface area contributed by atoms with Gasteiger partial charge in [0.25, 0.3) is 0 Å². The zero-order chi connectivity index (χ0) is 15.4. The number of benzene rings is 1. The number of nitrogens with two attached hydrogens (primary N) is 1. The summed E-state index contributed by atoms with van der Waals surface area (Å²) in [6, 6.07) is 9.27. The smallest absolute Gasteiger partial charge is 0.312 e. The molecule has 2 N–H and O–H groups in total. The van der Waals surface area contributed by atoms with Gasteiger partial charge >= 0.3 is 11.8 Å². The zero-order valence-corrected chi connectivity index (χ0v) is 12.8. The van der Waals surface area contributed by atoms with Crippen LogP contribution in [0.4, 0.5) is 0 Å². The molecule has 1 atom stereocenters. The number of piperazine rings is 1. The Hall–Kier alpha value is -1.95. The van der Waals surface area contributed by atoms with Gasteiger partial charge in [0, 0.05) is 26.1 Å². The third-order valence-electron chi connectivity index (χ3n) is 3.68. The summed E-state index contributed by atoms with van der Waals surface area (Å²) in [5.74, 6) is -0.930. The molecule has 2 amide bonds. The molecular weight excluding hydrogens is 286 g/mol. The van der Waals surface area contributed by atoms with Gasteiger partial charge in [-0.2, -0.15) is 0 Å². The standard InChI is InChI=1S/C15H19N3O2S/c1-2-17-8-9-18(15(20)14(17)19)12(10-13(16)21)11-6-4-3-5-7-11/h3-7,12H,2,8-10H2,1H3,(H2,16,21). The molecule has 1 aromatic rings. The number of hydrogen-bond acceptors (Lipinski definition) is 3. The molecule has 1 aromatic carbocycles. The van der Waals surface area contributed by atoms with Crippen molar-refractivity contribution in [2.24, 2.45) is 5.73 Å². The number of carbonyl (C=O) groups excluding carboxylic acids is 2. The van der Waals surface area contributed by atoms with E-state index in [4.69, 9.17) is 18.0 Å². The molecule has 1 saturated heterocycles. The summed E-state index contributed by atoms with van der Waals surface area (Å²) in [5, 5.41) is 0. The van der Waals surface area contributed by atoms with Gasteiger partial charge in [-0.05, 0) is 12.5 Å². The van der Waals surface area contributed by atoms with E-state index in [-0.39, 0.29) is 6.04 Å². The van der Waals surface area contributed by atoms with Gasteiger partial charge in [0.1, 0.15) is 0 Å². The number of likely N-dealkylation sites (N-methyl/N-ethyl adjacent to an activating group) is 1. The van der Waals surface area contributed by atoms with Crippen LogP contribution in [0, 0.1) is 0 Å². The number of amides is 2. The van der Waals surface area contributed by atoms with Crippen LogP contribution >= 0.6 is 12.2 Å². The minimum Gasteiger partial charge on any atom is -0.393 e. The number of thiocarbonyl (C=S) groups is 1. The predicted molar refractivity (Wildman–Crippen MR) is 84.6 cm³/mol. The largest absolute Gasteiger partial charge is 0.393 e. The molecule has 0 spiro atoms. The topological polar surface area (TPSA) is 66.6 Å². The highest BCUT2D eigenvalue weighted by atomic mass is 32.1. The quantitative estimate of drug-likeness (QED) is 0.653. The van der Waals surface area contributed by atoms with Crippen molar-refractivity contribution in [2.45, 2.75) is 19.4 Å². The first kappa shape index (κ1) is 15.4. The molecule has 5 nitrogen and oxygen atoms in total. The predicted octanol–water partition coefficient (Wildman–Crippen LogP) is 1.09. The van der Waals surface area contributed by atoms with Gasteiger partial charge < -0.3 is 15.5 Å². The molecule has 112 valence electrons. The van der Waals surface area contributed by atoms with Crippen LogP contribution in [0.2, 0.25) is 0 Å². The van der Waals surface area contributed by atoms with Crippen LogP contribution in [-0.2, 0) is 9.59 Å². The minimum atomic E-state index is -0.479. The molecule has 1 aliphatic heterocycles. The number of rotatable bonds is 5. The maximum absolute atomic E-state index is 12.3. The Morgan fingerprint density at radius 2 is 1.90 bits per heavy atom. The van der Waals surface area contributed by atoms with Crippen molar-refractivity contribution < 1.29 is 9.59 Å². The van der Waals surface area contributed by atoms with Crippen molar-refractivity contribution in [3.05, 3.63) is 35.9 Å². The highest BCUT2D eigenvalue weighted by Crippen LogP contribution is 2.26. The molecule has 1 fully saturated rings. The first-order valence-corrected chi connectivity index (χ1v) is 7.38. The van der Waals surface area contributed by atoms with E-state index in [2.05, 4.69) is 0 Å². The van der Waals surface area contributed by atoms with Crippen molar-refractivity contribution in [3.63, 3.8) is 0 Å². The van der Waals surface area contributed by atoms with Crippen molar-refractivity contribution in [1.82, 2.24) is 9.80 Å². The molecule has 6 heteroatoms. The van der Waals surface area contributed by atoms with E-state index in [1.807, 2.05) is 37.3 Å². The summed E-state index contributed by atoms with van der Waals surface area (Å²) < 4.78 is 0. The van der Waals surface area contributed by atoms with Crippen molar-refractivity contribution in [3.8, 4) is 0 Å². The zero-order valence-electron chi connectivity index (χ0n) is 12.0. The van der Waals surface area contributed by atoms with Crippen molar-refractivity contribution in [2.75, 3.05) is 19.6 Å². The molecule has 0 radical (unpaired) electrons. The van der Waals surface area contributed by atoms with E-state index in [0.717, 1.165) is 5.56 Å². The maximum Gasteiger partial charge on any atom is 0.312 e. The van der Waals surface area contributed by atoms with E-state index < -0.39 is 11.8 Å². The van der Waals surface area contributed by atoms with Crippen LogP contribution in [-0.4, -0.2) is 46.2 Å². The molecular formula is C15H19N3O2S. The van der Waals surface area contributed by atoms with Gasteiger partial charge in [-0.3, -0.25) is 9.59 Å². The van der Waals surface area contributed by atoms with E-state index >= 15 is 0 Å². The summed E-state index contributed by atoms with van der Waals surface area (Å²) in [6.45, 7) is 3.45. The van der Waals surface area contributed by atoms with Crippen LogP contribution in [0.15, 0.2) is 30.3 Å². The Morgan fingerprint density at radius 1 is 1.24 bits per heavy atom. The second-order valence-electron chi connectivity index (χ2n) is 4.98. The van der Waals surface area contributed by atoms with Gasteiger partial charge in [0.2, 0.25) is 0 Å². The highest BCUT2D eigenvalue weighted by molar-refractivity contribution is 7.80. The monoisotopic (exact) mass is 305 g/mol. The lowest BCUT2D eigenvalue weighted by molar-refractivity contribution is -0.157. The Balaban J connectivity index is 2.27. The van der Waals surface area contributed by atoms with Crippen molar-refractivity contribution >= 4 is 29.0 Å². The number of nitrogens with zero attached hydrogens (tertiary/aromatic N) is 2. The lowest BCUT2D eigenvalue weighted by Crippen LogP contribution is -2.55. The first-order chi connectivity index (χ1) is 10.0. The van der Waals surface area contributed by atoms with E-state index in [0.29, 0.717) is 31.0 Å². The minimum absolute atomic E-state index is 0.279. The molecule has 0 saturated carbocycles. The number of hydrogen-bond donors (Lipinski definition) is 1. The lowest BCUT2D eigenvalue weighted by atomic mass is 10.0. The Labute approximate surface area is 129 Å². The summed E-state index contributed by atoms with van der Waals surface area (Å²) in [4.78, 5) is 27.9. The lowest BCUT2D eigenvalue weighted by Gasteiger charge is -2.38. The summed E-state index contributed by atoms with van der Waals surface area (Å²) in [5.41, 5.74) is 6.61. The molecule has 0 aliphatic carbocycles. The van der Waals surface area contributed by atoms with E-state index in [9.17, 15) is 9.59 Å². The Morgan fingerprint density at radius 3 is 2.48 bits per heavy atom. The highest BCUT2D eigenvalue weighted by Gasteiger charge is 2.36. The SMILES string of the molecule is CCN1CCN(C(CC(N)=S)c2ccccc2)C(=O)C1=O. The second kappa shape index (κ2) is 6.67. The summed E-state index contributed by atoms with van der Waals surface area (Å²) in [7, 11) is 0. The van der Waals surface area contributed by atoms with E-state index in [1.54, 1.807) is 9.80 Å². The van der Waals surface area contributed by atoms with Gasteiger partial charge in [-0.15, -0.1) is 0 Å². The Bertz CT molecular complexity index is 547. The maximum atomic E-state index is 12.3. The summed E-state index contributed by atoms with van der Waals surface area (Å²) in [6.07, 6.45) is 0.379. The van der Waals surface area contributed by atoms with Gasteiger partial charge in [0.05, 0.1) is 11.0 Å². The van der Waals surface area contributed by atoms with Crippen LogP contribution in [0.5, 0.6) is 0 Å². The molecule has 2 rings (SSSR count). The normalized spacial score (nSPS) is 17.0.